The zero-order chi connectivity index (χ0) is 24.0. The molecule has 4 aliphatic rings. The molecule has 178 valence electrons. The molecule has 4 atom stereocenters. The van der Waals surface area contributed by atoms with Gasteiger partial charge in [0, 0.05) is 42.4 Å². The van der Waals surface area contributed by atoms with E-state index in [4.69, 9.17) is 4.84 Å². The molecular weight excluding hydrogens is 443 g/mol. The van der Waals surface area contributed by atoms with Gasteiger partial charge in [-0.05, 0) is 47.6 Å². The summed E-state index contributed by atoms with van der Waals surface area (Å²) < 4.78 is 15.0. The lowest BCUT2D eigenvalue weighted by molar-refractivity contribution is -0.151. The van der Waals surface area contributed by atoms with Gasteiger partial charge in [-0.3, -0.25) is 19.2 Å². The number of carbonyl (C=O) groups excluding carboxylic acids is 2. The van der Waals surface area contributed by atoms with Crippen LogP contribution in [0.4, 0.5) is 10.1 Å². The summed E-state index contributed by atoms with van der Waals surface area (Å²) in [5, 5.41) is 13.7. The minimum absolute atomic E-state index is 0.126. The average molecular weight is 468 g/mol. The van der Waals surface area contributed by atoms with Gasteiger partial charge < -0.3 is 20.3 Å². The molecular formula is C24H25FN4O5. The zero-order valence-corrected chi connectivity index (χ0v) is 18.9. The van der Waals surface area contributed by atoms with Crippen LogP contribution >= 0.6 is 0 Å². The summed E-state index contributed by atoms with van der Waals surface area (Å²) in [6, 6.07) is 4.93. The van der Waals surface area contributed by atoms with Crippen molar-refractivity contribution in [3.63, 3.8) is 0 Å². The molecule has 4 unspecified atom stereocenters. The van der Waals surface area contributed by atoms with Gasteiger partial charge in [0.25, 0.3) is 11.8 Å². The van der Waals surface area contributed by atoms with Crippen LogP contribution in [0.5, 0.6) is 0 Å². The standard InChI is InChI=1S/C24H25FN4O5/c1-23(2)7-5-12-9-13(10-15(25)19(12)23)26-21(32)20-14-3-4-17(30)27-16(14)6-8-28(20)22(33)24-11-18(31)29(24)34-24/h3-4,9-10,18,20,31H,5-8,11H2,1-2H3,(H,26,32)(H,27,30). The number of hydrogen-bond donors (Lipinski definition) is 3. The second-order valence-corrected chi connectivity index (χ2v) is 10.2. The molecule has 1 aromatic carbocycles. The molecule has 34 heavy (non-hydrogen) atoms. The van der Waals surface area contributed by atoms with Gasteiger partial charge >= 0.3 is 0 Å². The van der Waals surface area contributed by atoms with Gasteiger partial charge in [-0.1, -0.05) is 13.8 Å². The molecule has 2 amide bonds. The van der Waals surface area contributed by atoms with E-state index in [9.17, 15) is 23.9 Å². The van der Waals surface area contributed by atoms with Crippen molar-refractivity contribution in [2.24, 2.45) is 0 Å². The van der Waals surface area contributed by atoms with Crippen LogP contribution in [-0.2, 0) is 32.7 Å². The number of hydrogen-bond acceptors (Lipinski definition) is 6. The van der Waals surface area contributed by atoms with Gasteiger partial charge in [-0.25, -0.2) is 4.39 Å². The SMILES string of the molecule is CC1(C)CCc2cc(NC(=O)C3c4ccc(=O)[nH]c4CCN3C(=O)C34CC(O)N3O4)cc(F)c21. The molecule has 6 rings (SSSR count). The van der Waals surface area contributed by atoms with Crippen molar-refractivity contribution < 1.29 is 23.9 Å². The van der Waals surface area contributed by atoms with E-state index in [-0.39, 0.29) is 29.8 Å². The largest absolute Gasteiger partial charge is 0.376 e. The normalized spacial score (nSPS) is 30.0. The minimum Gasteiger partial charge on any atom is -0.376 e. The summed E-state index contributed by atoms with van der Waals surface area (Å²) in [5.41, 5.74) is 1.16. The lowest BCUT2D eigenvalue weighted by Gasteiger charge is -2.38. The van der Waals surface area contributed by atoms with E-state index in [1.165, 1.54) is 22.1 Å². The first-order valence-electron chi connectivity index (χ1n) is 11.4. The molecule has 3 aliphatic heterocycles. The van der Waals surface area contributed by atoms with Crippen LogP contribution in [0, 0.1) is 5.82 Å². The van der Waals surface area contributed by atoms with Crippen molar-refractivity contribution in [2.45, 2.75) is 62.9 Å². The van der Waals surface area contributed by atoms with Crippen molar-refractivity contribution in [3.05, 3.63) is 62.8 Å². The van der Waals surface area contributed by atoms with E-state index < -0.39 is 29.8 Å². The number of amides is 2. The van der Waals surface area contributed by atoms with Crippen molar-refractivity contribution in [1.29, 1.82) is 0 Å². The van der Waals surface area contributed by atoms with Crippen LogP contribution in [0.15, 0.2) is 29.1 Å². The van der Waals surface area contributed by atoms with Crippen molar-refractivity contribution in [3.8, 4) is 0 Å². The fourth-order valence-electron chi connectivity index (χ4n) is 5.73. The van der Waals surface area contributed by atoms with E-state index in [0.29, 0.717) is 28.9 Å². The van der Waals surface area contributed by atoms with Gasteiger partial charge in [-0.2, -0.15) is 0 Å². The summed E-state index contributed by atoms with van der Waals surface area (Å²) >= 11 is 0. The fraction of sp³-hybridized carbons (Fsp3) is 0.458. The molecule has 2 aromatic rings. The minimum atomic E-state index is -1.23. The van der Waals surface area contributed by atoms with Crippen LogP contribution in [0.1, 0.15) is 55.1 Å². The maximum absolute atomic E-state index is 15.0. The molecule has 1 aliphatic carbocycles. The number of carbonyl (C=O) groups is 2. The Morgan fingerprint density at radius 2 is 2.06 bits per heavy atom. The molecule has 2 fully saturated rings. The molecule has 0 spiro atoms. The summed E-state index contributed by atoms with van der Waals surface area (Å²) in [5.74, 6) is -1.29. The number of rotatable bonds is 3. The topological polar surface area (TPSA) is 118 Å². The number of nitrogens with zero attached hydrogens (tertiary/aromatic N) is 2. The van der Waals surface area contributed by atoms with E-state index >= 15 is 0 Å². The van der Waals surface area contributed by atoms with E-state index in [2.05, 4.69) is 10.3 Å². The average Bonchev–Trinajstić information content (AvgIpc) is 3.29. The molecule has 4 heterocycles. The highest BCUT2D eigenvalue weighted by Crippen LogP contribution is 2.53. The predicted octanol–water partition coefficient (Wildman–Crippen LogP) is 1.47. The highest BCUT2D eigenvalue weighted by Gasteiger charge is 2.75. The lowest BCUT2D eigenvalue weighted by atomic mass is 9.86. The van der Waals surface area contributed by atoms with Gasteiger partial charge in [0.1, 0.15) is 18.1 Å². The smallest absolute Gasteiger partial charge is 0.275 e. The first kappa shape index (κ1) is 21.5. The van der Waals surface area contributed by atoms with E-state index in [1.54, 1.807) is 12.1 Å². The Morgan fingerprint density at radius 3 is 2.76 bits per heavy atom. The number of aryl methyl sites for hydroxylation is 1. The van der Waals surface area contributed by atoms with E-state index in [1.807, 2.05) is 13.8 Å². The molecule has 0 saturated carbocycles. The molecule has 0 radical (unpaired) electrons. The number of halogens is 1. The Hall–Kier alpha value is -3.08. The van der Waals surface area contributed by atoms with Crippen molar-refractivity contribution >= 4 is 17.5 Å². The number of H-pyrrole nitrogens is 1. The van der Waals surface area contributed by atoms with Gasteiger partial charge in [-0.15, -0.1) is 5.06 Å². The predicted molar refractivity (Wildman–Crippen MR) is 118 cm³/mol. The molecule has 3 N–H and O–H groups in total. The van der Waals surface area contributed by atoms with Crippen LogP contribution in [-0.4, -0.2) is 50.4 Å². The number of fused-ring (bicyclic) bond motifs is 3. The quantitative estimate of drug-likeness (QED) is 0.588. The van der Waals surface area contributed by atoms with E-state index in [0.717, 1.165) is 18.4 Å². The zero-order valence-electron chi connectivity index (χ0n) is 18.9. The summed E-state index contributed by atoms with van der Waals surface area (Å²) in [7, 11) is 0. The Balaban J connectivity index is 1.34. The first-order chi connectivity index (χ1) is 16.1. The first-order valence-corrected chi connectivity index (χ1v) is 11.4. The number of aliphatic hydroxyl groups is 1. The Kier molecular flexibility index (Phi) is 4.40. The van der Waals surface area contributed by atoms with Crippen LogP contribution < -0.4 is 10.9 Å². The Labute approximate surface area is 194 Å². The number of anilines is 1. The molecule has 1 aromatic heterocycles. The highest BCUT2D eigenvalue weighted by molar-refractivity contribution is 6.00. The summed E-state index contributed by atoms with van der Waals surface area (Å²) in [6.45, 7) is 4.19. The maximum atomic E-state index is 15.0. The highest BCUT2D eigenvalue weighted by atomic mass is 19.1. The molecule has 2 saturated heterocycles. The monoisotopic (exact) mass is 468 g/mol. The van der Waals surface area contributed by atoms with Crippen molar-refractivity contribution in [1.82, 2.24) is 14.9 Å². The maximum Gasteiger partial charge on any atom is 0.275 e. The third-order valence-electron chi connectivity index (χ3n) is 7.53. The number of aliphatic hydroxyl groups excluding tert-OH is 1. The third-order valence-corrected chi connectivity index (χ3v) is 7.53. The van der Waals surface area contributed by atoms with Crippen LogP contribution in [0.25, 0.3) is 0 Å². The molecule has 9 nitrogen and oxygen atoms in total. The van der Waals surface area contributed by atoms with Gasteiger partial charge in [0.15, 0.2) is 0 Å². The lowest BCUT2D eigenvalue weighted by Crippen LogP contribution is -2.57. The third kappa shape index (κ3) is 2.98. The Bertz CT molecular complexity index is 1310. The van der Waals surface area contributed by atoms with Crippen LogP contribution in [0.3, 0.4) is 0 Å². The summed E-state index contributed by atoms with van der Waals surface area (Å²) in [6.07, 6.45) is 1.19. The Morgan fingerprint density at radius 1 is 1.26 bits per heavy atom. The van der Waals surface area contributed by atoms with Gasteiger partial charge in [0.2, 0.25) is 11.3 Å². The van der Waals surface area contributed by atoms with Gasteiger partial charge in [0.05, 0.1) is 0 Å². The molecule has 10 heteroatoms. The number of aromatic amines is 1. The van der Waals surface area contributed by atoms with Crippen molar-refractivity contribution in [2.75, 3.05) is 11.9 Å². The number of nitrogens with one attached hydrogen (secondary N) is 2. The fourth-order valence-corrected chi connectivity index (χ4v) is 5.73. The number of aromatic nitrogens is 1. The second-order valence-electron chi connectivity index (χ2n) is 10.2. The summed E-state index contributed by atoms with van der Waals surface area (Å²) in [4.78, 5) is 48.3. The number of benzene rings is 1. The molecule has 0 bridgehead atoms. The van der Waals surface area contributed by atoms with Crippen LogP contribution in [0.2, 0.25) is 0 Å². The second kappa shape index (κ2) is 6.97. The number of pyridine rings is 1. The number of hydroxylamine groups is 2.